The molecule has 2 aromatic carbocycles. The molecule has 0 amide bonds. The highest BCUT2D eigenvalue weighted by Crippen LogP contribution is 2.53. The highest BCUT2D eigenvalue weighted by Gasteiger charge is 2.49. The summed E-state index contributed by atoms with van der Waals surface area (Å²) < 4.78 is 9.80. The Hall–Kier alpha value is -3.93. The quantitative estimate of drug-likeness (QED) is 0.370. The third-order valence-electron chi connectivity index (χ3n) is 8.07. The predicted octanol–water partition coefficient (Wildman–Crippen LogP) is 6.57. The first-order valence-corrected chi connectivity index (χ1v) is 13.9. The van der Waals surface area contributed by atoms with E-state index in [1.807, 2.05) is 78.3 Å². The monoisotopic (exact) mass is 538 g/mol. The first-order valence-electron chi connectivity index (χ1n) is 13.9. The molecule has 0 saturated heterocycles. The Bertz CT molecular complexity index is 1510. The van der Waals surface area contributed by atoms with Gasteiger partial charge in [-0.25, -0.2) is 4.68 Å². The number of benzene rings is 2. The fourth-order valence-corrected chi connectivity index (χ4v) is 6.38. The Kier molecular flexibility index (Phi) is 7.07. The maximum atomic E-state index is 13.7. The SMILES string of the molecule is Cc1c(C2C3=C(CC(C)(C)CC3=O)OC3=C2C(=O)CC(C)(C)C3)c(=O)n(C)n1-c1ccccc1.c1ccccc1. The molecule has 0 radical (unpaired) electrons. The van der Waals surface area contributed by atoms with Crippen LogP contribution in [0.2, 0.25) is 0 Å². The van der Waals surface area contributed by atoms with Crippen molar-refractivity contribution in [3.8, 4) is 5.69 Å². The van der Waals surface area contributed by atoms with E-state index >= 15 is 0 Å². The largest absolute Gasteiger partial charge is 0.465 e. The highest BCUT2D eigenvalue weighted by molar-refractivity contribution is 6.06. The van der Waals surface area contributed by atoms with Crippen molar-refractivity contribution in [2.45, 2.75) is 66.2 Å². The minimum Gasteiger partial charge on any atom is -0.465 e. The molecule has 208 valence electrons. The molecule has 0 unspecified atom stereocenters. The van der Waals surface area contributed by atoms with E-state index in [9.17, 15) is 14.4 Å². The number of para-hydroxylation sites is 1. The Morgan fingerprint density at radius 3 is 1.57 bits per heavy atom. The highest BCUT2D eigenvalue weighted by atomic mass is 16.5. The summed E-state index contributed by atoms with van der Waals surface area (Å²) in [6.07, 6.45) is 1.95. The van der Waals surface area contributed by atoms with Gasteiger partial charge in [0, 0.05) is 49.6 Å². The summed E-state index contributed by atoms with van der Waals surface area (Å²) in [6.45, 7) is 10.1. The lowest BCUT2D eigenvalue weighted by Crippen LogP contribution is -2.39. The molecule has 6 heteroatoms. The van der Waals surface area contributed by atoms with Gasteiger partial charge in [0.25, 0.3) is 5.56 Å². The van der Waals surface area contributed by atoms with Gasteiger partial charge in [0.1, 0.15) is 11.5 Å². The van der Waals surface area contributed by atoms with Crippen molar-refractivity contribution in [3.63, 3.8) is 0 Å². The normalized spacial score (nSPS) is 19.9. The molecule has 1 aliphatic heterocycles. The molecule has 0 fully saturated rings. The molecule has 0 N–H and O–H groups in total. The lowest BCUT2D eigenvalue weighted by Gasteiger charge is -2.42. The number of hydrogen-bond donors (Lipinski definition) is 0. The van der Waals surface area contributed by atoms with Gasteiger partial charge in [0.05, 0.1) is 17.2 Å². The molecular weight excluding hydrogens is 500 g/mol. The zero-order chi connectivity index (χ0) is 28.8. The number of hydrogen-bond acceptors (Lipinski definition) is 4. The second-order valence-electron chi connectivity index (χ2n) is 12.7. The van der Waals surface area contributed by atoms with Crippen LogP contribution in [-0.4, -0.2) is 20.9 Å². The molecule has 2 aliphatic carbocycles. The van der Waals surface area contributed by atoms with Crippen molar-refractivity contribution in [3.05, 3.63) is 111 Å². The maximum absolute atomic E-state index is 13.7. The van der Waals surface area contributed by atoms with Crippen molar-refractivity contribution in [2.24, 2.45) is 17.9 Å². The Balaban J connectivity index is 0.000000477. The van der Waals surface area contributed by atoms with Crippen LogP contribution in [0.5, 0.6) is 0 Å². The van der Waals surface area contributed by atoms with Crippen LogP contribution in [0.15, 0.2) is 94.2 Å². The van der Waals surface area contributed by atoms with Gasteiger partial charge < -0.3 is 4.74 Å². The lowest BCUT2D eigenvalue weighted by molar-refractivity contribution is -0.120. The number of carbonyl (C=O) groups excluding carboxylic acids is 2. The molecule has 6 rings (SSSR count). The first kappa shape index (κ1) is 27.6. The van der Waals surface area contributed by atoms with E-state index in [4.69, 9.17) is 4.74 Å². The van der Waals surface area contributed by atoms with E-state index < -0.39 is 5.92 Å². The third kappa shape index (κ3) is 5.03. The van der Waals surface area contributed by atoms with Crippen molar-refractivity contribution in [1.82, 2.24) is 9.36 Å². The van der Waals surface area contributed by atoms with Gasteiger partial charge in [-0.05, 0) is 29.9 Å². The number of ketones is 2. The summed E-state index contributed by atoms with van der Waals surface area (Å²) in [5, 5.41) is 0. The molecule has 0 bridgehead atoms. The van der Waals surface area contributed by atoms with Gasteiger partial charge >= 0.3 is 0 Å². The van der Waals surface area contributed by atoms with Gasteiger partial charge in [-0.3, -0.25) is 19.1 Å². The van der Waals surface area contributed by atoms with Gasteiger partial charge in [-0.1, -0.05) is 82.3 Å². The zero-order valence-corrected chi connectivity index (χ0v) is 24.3. The summed E-state index contributed by atoms with van der Waals surface area (Å²) in [6, 6.07) is 21.7. The van der Waals surface area contributed by atoms with E-state index in [2.05, 4.69) is 27.7 Å². The van der Waals surface area contributed by atoms with Gasteiger partial charge in [0.15, 0.2) is 11.6 Å². The minimum atomic E-state index is -0.686. The smallest absolute Gasteiger partial charge is 0.271 e. The van der Waals surface area contributed by atoms with Crippen LogP contribution >= 0.6 is 0 Å². The molecular formula is C34H38N2O4. The number of ether oxygens (including phenoxy) is 1. The van der Waals surface area contributed by atoms with E-state index in [0.29, 0.717) is 53.9 Å². The predicted molar refractivity (Wildman–Crippen MR) is 156 cm³/mol. The topological polar surface area (TPSA) is 70.3 Å². The fourth-order valence-electron chi connectivity index (χ4n) is 6.38. The summed E-state index contributed by atoms with van der Waals surface area (Å²) in [5.41, 5.74) is 2.42. The number of allylic oxidation sites excluding steroid dienone is 4. The van der Waals surface area contributed by atoms with Crippen LogP contribution < -0.4 is 5.56 Å². The van der Waals surface area contributed by atoms with Gasteiger partial charge in [0.2, 0.25) is 0 Å². The number of nitrogens with zero attached hydrogens (tertiary/aromatic N) is 2. The number of aromatic nitrogens is 2. The molecule has 1 aromatic heterocycles. The molecule has 2 heterocycles. The van der Waals surface area contributed by atoms with Crippen LogP contribution in [0.3, 0.4) is 0 Å². The molecule has 0 saturated carbocycles. The second kappa shape index (κ2) is 10.2. The summed E-state index contributed by atoms with van der Waals surface area (Å²) in [7, 11) is 1.73. The number of rotatable bonds is 2. The minimum absolute atomic E-state index is 0.0330. The van der Waals surface area contributed by atoms with Crippen LogP contribution in [0.4, 0.5) is 0 Å². The first-order chi connectivity index (χ1) is 18.9. The zero-order valence-electron chi connectivity index (χ0n) is 24.3. The maximum Gasteiger partial charge on any atom is 0.271 e. The van der Waals surface area contributed by atoms with Crippen LogP contribution in [0.1, 0.15) is 70.6 Å². The molecule has 0 spiro atoms. The standard InChI is InChI=1S/C28H32N2O4.C6H6/c1-16-22(26(33)29(6)30(16)17-10-8-7-9-11-17)25-23-18(31)12-27(2,3)14-20(23)34-21-15-28(4,5)13-19(32)24(21)25;1-2-4-6-5-3-1/h7-11,25H,12-15H2,1-6H3;1-6H. The molecule has 40 heavy (non-hydrogen) atoms. The van der Waals surface area contributed by atoms with E-state index in [1.165, 1.54) is 0 Å². The summed E-state index contributed by atoms with van der Waals surface area (Å²) in [5.74, 6) is 0.507. The Morgan fingerprint density at radius 1 is 0.700 bits per heavy atom. The average molecular weight is 539 g/mol. The third-order valence-corrected chi connectivity index (χ3v) is 8.07. The molecule has 6 nitrogen and oxygen atoms in total. The van der Waals surface area contributed by atoms with Gasteiger partial charge in [-0.15, -0.1) is 0 Å². The van der Waals surface area contributed by atoms with Crippen molar-refractivity contribution >= 4 is 11.6 Å². The van der Waals surface area contributed by atoms with Crippen molar-refractivity contribution in [1.29, 1.82) is 0 Å². The van der Waals surface area contributed by atoms with Crippen molar-refractivity contribution in [2.75, 3.05) is 0 Å². The van der Waals surface area contributed by atoms with Crippen LogP contribution in [-0.2, 0) is 21.4 Å². The summed E-state index contributed by atoms with van der Waals surface area (Å²) in [4.78, 5) is 40.8. The number of carbonyl (C=O) groups is 2. The molecule has 3 aliphatic rings. The lowest BCUT2D eigenvalue weighted by atomic mass is 9.65. The van der Waals surface area contributed by atoms with E-state index in [-0.39, 0.29) is 28.0 Å². The second-order valence-corrected chi connectivity index (χ2v) is 12.7. The molecule has 0 atom stereocenters. The molecule has 3 aromatic rings. The average Bonchev–Trinajstić information content (AvgIpc) is 3.10. The fraction of sp³-hybridized carbons (Fsp3) is 0.382. The summed E-state index contributed by atoms with van der Waals surface area (Å²) >= 11 is 0. The Morgan fingerprint density at radius 2 is 1.12 bits per heavy atom. The van der Waals surface area contributed by atoms with Crippen molar-refractivity contribution < 1.29 is 14.3 Å². The van der Waals surface area contributed by atoms with Crippen LogP contribution in [0, 0.1) is 17.8 Å². The van der Waals surface area contributed by atoms with E-state index in [1.54, 1.807) is 11.7 Å². The van der Waals surface area contributed by atoms with E-state index in [0.717, 1.165) is 11.4 Å². The van der Waals surface area contributed by atoms with Gasteiger partial charge in [-0.2, -0.15) is 0 Å². The van der Waals surface area contributed by atoms with Crippen LogP contribution in [0.25, 0.3) is 5.69 Å². The Labute approximate surface area is 236 Å². The number of Topliss-reactive ketones (excluding diaryl/α,β-unsaturated/α-hetero) is 2.